The monoisotopic (exact) mass is 1820 g/mol. The van der Waals surface area contributed by atoms with E-state index in [4.69, 9.17) is 19.4 Å². The van der Waals surface area contributed by atoms with Crippen LogP contribution in [0.5, 0.6) is 0 Å². The minimum absolute atomic E-state index is 0.0119. The van der Waals surface area contributed by atoms with Crippen molar-refractivity contribution in [3.8, 4) is 89.9 Å². The Kier molecular flexibility index (Phi) is 20.7. The number of furan rings is 1. The summed E-state index contributed by atoms with van der Waals surface area (Å²) in [6.45, 7) is 9.19. The minimum atomic E-state index is -0.0798. The number of pyridine rings is 1. The van der Waals surface area contributed by atoms with E-state index in [1.54, 1.807) is 6.20 Å². The van der Waals surface area contributed by atoms with Gasteiger partial charge in [-0.25, -0.2) is 54.8 Å². The molecule has 0 fully saturated rings. The van der Waals surface area contributed by atoms with Crippen LogP contribution in [0.4, 0.5) is 0 Å². The Labute approximate surface area is 711 Å². The number of hydrogen-bond donors (Lipinski definition) is 0. The van der Waals surface area contributed by atoms with E-state index in [0.29, 0.717) is 24.6 Å². The van der Waals surface area contributed by atoms with Gasteiger partial charge >= 0.3 is 0 Å². The van der Waals surface area contributed by atoms with E-state index >= 15 is 0 Å². The molecule has 116 heavy (non-hydrogen) atoms. The van der Waals surface area contributed by atoms with Crippen LogP contribution in [-0.2, 0) is 10.8 Å². The maximum absolute atomic E-state index is 5.91. The zero-order valence-corrected chi connectivity index (χ0v) is 70.8. The maximum atomic E-state index is 5.91. The molecular weight excluding hydrogens is 1760 g/mol. The van der Waals surface area contributed by atoms with Crippen LogP contribution in [0.25, 0.3) is 167 Å². The quantitative estimate of drug-likeness (QED) is 0.146. The normalized spacial score (nSPS) is 12.5. The first-order chi connectivity index (χ1) is 56.6. The number of halogens is 5. The van der Waals surface area contributed by atoms with Gasteiger partial charge in [0.15, 0.2) is 30.4 Å². The number of fused-ring (bicyclic) bond motifs is 14. The summed E-state index contributed by atoms with van der Waals surface area (Å²) < 4.78 is 9.42. The van der Waals surface area contributed by atoms with Crippen LogP contribution in [0.3, 0.4) is 0 Å². The van der Waals surface area contributed by atoms with E-state index in [9.17, 15) is 0 Å². The molecule has 2 aliphatic rings. The van der Waals surface area contributed by atoms with E-state index in [0.717, 1.165) is 143 Å². The van der Waals surface area contributed by atoms with Crippen molar-refractivity contribution < 1.29 is 4.42 Å². The van der Waals surface area contributed by atoms with E-state index in [1.807, 2.05) is 170 Å². The summed E-state index contributed by atoms with van der Waals surface area (Å²) in [6.07, 6.45) is 1.73. The highest BCUT2D eigenvalue weighted by Gasteiger charge is 2.37. The van der Waals surface area contributed by atoms with Crippen LogP contribution in [0.1, 0.15) is 49.9 Å². The van der Waals surface area contributed by atoms with Crippen molar-refractivity contribution in [2.24, 2.45) is 0 Å². The van der Waals surface area contributed by atoms with E-state index in [1.165, 1.54) is 44.5 Å². The number of aromatic nitrogens is 11. The number of nitrogens with zero attached hydrogens (tertiary/aromatic N) is 11. The molecule has 0 N–H and O–H groups in total. The third-order valence-corrected chi connectivity index (χ3v) is 23.2. The molecule has 0 bridgehead atoms. The third-order valence-electron chi connectivity index (χ3n) is 21.3. The third kappa shape index (κ3) is 14.8. The molecule has 0 unspecified atom stereocenters. The maximum Gasteiger partial charge on any atom is 0.199 e. The Morgan fingerprint density at radius 2 is 0.603 bits per heavy atom. The molecule has 0 aliphatic heterocycles. The molecule has 7 heterocycles. The van der Waals surface area contributed by atoms with Crippen LogP contribution in [0.15, 0.2) is 356 Å². The smallest absolute Gasteiger partial charge is 0.199 e. The Morgan fingerprint density at radius 3 is 1.15 bits per heavy atom. The van der Waals surface area contributed by atoms with Gasteiger partial charge in [0.2, 0.25) is 0 Å². The molecule has 12 nitrogen and oxygen atoms in total. The van der Waals surface area contributed by atoms with Gasteiger partial charge in [0.05, 0.1) is 50.5 Å². The van der Waals surface area contributed by atoms with Gasteiger partial charge in [-0.3, -0.25) is 0 Å². The molecule has 0 amide bonds. The first-order valence-electron chi connectivity index (χ1n) is 37.7. The molecule has 0 saturated heterocycles. The predicted octanol–water partition coefficient (Wildman–Crippen LogP) is 27.9. The lowest BCUT2D eigenvalue weighted by molar-refractivity contribution is 0.660. The molecule has 2 aliphatic carbocycles. The van der Waals surface area contributed by atoms with Gasteiger partial charge in [-0.15, -0.1) is 0 Å². The lowest BCUT2D eigenvalue weighted by Crippen LogP contribution is -2.15. The van der Waals surface area contributed by atoms with E-state index in [2.05, 4.69) is 299 Å². The summed E-state index contributed by atoms with van der Waals surface area (Å²) in [4.78, 5) is 50.1. The zero-order chi connectivity index (χ0) is 79.2. The van der Waals surface area contributed by atoms with Crippen LogP contribution < -0.4 is 0 Å². The van der Waals surface area contributed by atoms with Crippen molar-refractivity contribution in [2.45, 2.75) is 38.5 Å². The lowest BCUT2D eigenvalue weighted by Gasteiger charge is -2.22. The van der Waals surface area contributed by atoms with Gasteiger partial charge in [0.1, 0.15) is 11.2 Å². The number of para-hydroxylation sites is 5. The molecule has 7 aromatic heterocycles. The second-order valence-corrected chi connectivity index (χ2v) is 32.9. The summed E-state index contributed by atoms with van der Waals surface area (Å²) >= 11 is 17.2. The van der Waals surface area contributed by atoms with Gasteiger partial charge < -0.3 is 4.42 Å². The standard InChI is InChI=1S/C29H21BrN2.C23H17BrN2.C20H11BrN2O.C14H9BrN2.C13H8BrN3/c1-29(2)24-16-19(12-14-21(24)22-15-13-20(30)17-25(22)29)28-31-26-11-7-6-10-23(26)27(32-28)18-8-4-3-5-9-18;1-23(2)18-9-5-3-7-15(18)16-12-11-14(13-19(16)23)21-17-8-4-6-10-20(17)25-22(24)26-21;21-20-22-16-7-3-1-6-14(16)19(23-20)12-9-10-18-15(11-12)13-5-2-4-8-17(13)24-18;15-14-16-12-9-5-4-8-11(12)13(17-14)10-6-2-1-3-7-10;14-13-16-11(9-5-2-1-3-6-9)10-7-4-8-15-12(10)17-13/h3-17H,1-2H3;3-13H,1-2H3;1-11H;1-9H;1-8H. The number of rotatable bonds is 6. The second kappa shape index (κ2) is 31.9. The SMILES string of the molecule is Brc1nc(-c2ccc3oc4ccccc4c3c2)c2ccccc2n1.Brc1nc(-c2ccccc2)c2ccccc2n1.Brc1nc(-c2ccccc2)c2cccnc2n1.CC1(C)c2cc(Br)ccc2-c2ccc(-c3nc(-c4ccccc4)c4ccccc4n3)cc21.CC1(C)c2ccccc2-c2ccc(-c3nc(Br)nc4ccccc34)cc21. The molecular formula is C99H66Br5N11O. The molecule has 20 aromatic rings. The molecule has 13 aromatic carbocycles. The van der Waals surface area contributed by atoms with Crippen LogP contribution in [-0.4, -0.2) is 54.8 Å². The van der Waals surface area contributed by atoms with Crippen LogP contribution >= 0.6 is 79.6 Å². The Hall–Kier alpha value is -12.1. The zero-order valence-electron chi connectivity index (χ0n) is 62.9. The summed E-state index contributed by atoms with van der Waals surface area (Å²) in [5.41, 5.74) is 28.1. The average Bonchev–Trinajstić information content (AvgIpc) is 1.29. The molecule has 0 radical (unpaired) electrons. The van der Waals surface area contributed by atoms with E-state index < -0.39 is 0 Å². The largest absolute Gasteiger partial charge is 0.456 e. The van der Waals surface area contributed by atoms with Crippen LogP contribution in [0, 0.1) is 0 Å². The Bertz CT molecular complexity index is 7070. The summed E-state index contributed by atoms with van der Waals surface area (Å²) in [5, 5.41) is 7.43. The highest BCUT2D eigenvalue weighted by atomic mass is 79.9. The average molecular weight is 1830 g/mol. The molecule has 0 saturated carbocycles. The lowest BCUT2D eigenvalue weighted by atomic mass is 9.82. The van der Waals surface area contributed by atoms with Crippen molar-refractivity contribution in [1.82, 2.24) is 54.8 Å². The highest BCUT2D eigenvalue weighted by Crippen LogP contribution is 2.52. The molecule has 17 heteroatoms. The topological polar surface area (TPSA) is 155 Å². The van der Waals surface area contributed by atoms with Gasteiger partial charge in [-0.05, 0) is 193 Å². The fourth-order valence-corrected chi connectivity index (χ4v) is 17.6. The highest BCUT2D eigenvalue weighted by molar-refractivity contribution is 9.11. The summed E-state index contributed by atoms with van der Waals surface area (Å²) in [6, 6.07) is 110. The van der Waals surface area contributed by atoms with Crippen molar-refractivity contribution in [3.05, 3.63) is 373 Å². The van der Waals surface area contributed by atoms with Gasteiger partial charge in [-0.2, -0.15) is 0 Å². The van der Waals surface area contributed by atoms with Crippen molar-refractivity contribution in [2.75, 3.05) is 0 Å². The predicted molar refractivity (Wildman–Crippen MR) is 489 cm³/mol. The van der Waals surface area contributed by atoms with Crippen LogP contribution in [0.2, 0.25) is 0 Å². The first-order valence-corrected chi connectivity index (χ1v) is 41.6. The van der Waals surface area contributed by atoms with Gasteiger partial charge in [0.25, 0.3) is 0 Å². The number of benzene rings is 13. The number of hydrogen-bond acceptors (Lipinski definition) is 12. The fourth-order valence-electron chi connectivity index (χ4n) is 15.7. The van der Waals surface area contributed by atoms with Crippen molar-refractivity contribution >= 4 is 156 Å². The molecule has 0 atom stereocenters. The van der Waals surface area contributed by atoms with Gasteiger partial charge in [0, 0.05) is 92.6 Å². The summed E-state index contributed by atoms with van der Waals surface area (Å²) in [5.74, 6) is 0.762. The minimum Gasteiger partial charge on any atom is -0.456 e. The Balaban J connectivity index is 0.000000102. The first kappa shape index (κ1) is 75.3. The van der Waals surface area contributed by atoms with Crippen molar-refractivity contribution in [1.29, 1.82) is 0 Å². The van der Waals surface area contributed by atoms with E-state index in [-0.39, 0.29) is 10.8 Å². The second-order valence-electron chi connectivity index (χ2n) is 29.1. The molecule has 22 rings (SSSR count). The molecule has 558 valence electrons. The molecule has 0 spiro atoms. The van der Waals surface area contributed by atoms with Crippen molar-refractivity contribution in [3.63, 3.8) is 0 Å². The van der Waals surface area contributed by atoms with Gasteiger partial charge in [-0.1, -0.05) is 280 Å². The Morgan fingerprint density at radius 1 is 0.241 bits per heavy atom. The fraction of sp³-hybridized carbons (Fsp3) is 0.0606. The summed E-state index contributed by atoms with van der Waals surface area (Å²) in [7, 11) is 0.